The molecule has 0 radical (unpaired) electrons. The van der Waals surface area contributed by atoms with E-state index in [0.717, 1.165) is 6.54 Å². The number of carbonyl (C=O) groups is 1. The smallest absolute Gasteiger partial charge is 0.261 e. The molecule has 0 saturated carbocycles. The Kier molecular flexibility index (Phi) is 9.73. The van der Waals surface area contributed by atoms with Crippen molar-refractivity contribution in [2.45, 2.75) is 43.9 Å². The Labute approximate surface area is 241 Å². The van der Waals surface area contributed by atoms with E-state index in [9.17, 15) is 18.3 Å². The molecule has 0 spiro atoms. The molecule has 0 unspecified atom stereocenters. The predicted octanol–water partition coefficient (Wildman–Crippen LogP) is 4.42. The maximum absolute atomic E-state index is 13.4. The van der Waals surface area contributed by atoms with Gasteiger partial charge in [0.05, 0.1) is 24.0 Å². The number of likely N-dealkylation sites (N-methyl/N-ethyl adjacent to an activating group) is 1. The van der Waals surface area contributed by atoms with E-state index in [1.165, 1.54) is 29.8 Å². The van der Waals surface area contributed by atoms with Crippen molar-refractivity contribution >= 4 is 33.2 Å². The van der Waals surface area contributed by atoms with Crippen molar-refractivity contribution in [2.24, 2.45) is 5.92 Å². The number of ether oxygens (including phenoxy) is 1. The highest BCUT2D eigenvalue weighted by Gasteiger charge is 2.31. The first-order valence-electron chi connectivity index (χ1n) is 13.3. The number of aliphatic hydroxyl groups excluding tert-OH is 1. The minimum atomic E-state index is -3.87. The second-order valence-electron chi connectivity index (χ2n) is 10.5. The van der Waals surface area contributed by atoms with Crippen molar-refractivity contribution in [1.29, 1.82) is 0 Å². The molecule has 10 heteroatoms. The Morgan fingerprint density at radius 1 is 1.12 bits per heavy atom. The number of aliphatic hydroxyl groups is 1. The number of carbonyl (C=O) groups excluding carboxylic acids is 1. The maximum Gasteiger partial charge on any atom is 0.261 e. The van der Waals surface area contributed by atoms with E-state index in [1.807, 2.05) is 39.1 Å². The van der Waals surface area contributed by atoms with E-state index in [2.05, 4.69) is 21.8 Å². The van der Waals surface area contributed by atoms with Gasteiger partial charge in [0, 0.05) is 41.8 Å². The van der Waals surface area contributed by atoms with Crippen molar-refractivity contribution in [1.82, 2.24) is 9.80 Å². The summed E-state index contributed by atoms with van der Waals surface area (Å²) in [6.45, 7) is 5.47. The molecule has 1 aliphatic heterocycles. The van der Waals surface area contributed by atoms with Crippen LogP contribution in [0.4, 0.5) is 5.69 Å². The van der Waals surface area contributed by atoms with Crippen molar-refractivity contribution in [3.8, 4) is 5.75 Å². The number of amides is 1. The van der Waals surface area contributed by atoms with Crippen LogP contribution in [0.15, 0.2) is 77.7 Å². The Morgan fingerprint density at radius 3 is 2.50 bits per heavy atom. The van der Waals surface area contributed by atoms with Crippen LogP contribution in [0.3, 0.4) is 0 Å². The number of hydrogen-bond donors (Lipinski definition) is 2. The fraction of sp³-hybridized carbons (Fsp3) is 0.367. The molecule has 40 heavy (non-hydrogen) atoms. The molecule has 4 rings (SSSR count). The lowest BCUT2D eigenvalue weighted by Gasteiger charge is -2.34. The first-order valence-corrected chi connectivity index (χ1v) is 15.1. The molecule has 0 aliphatic carbocycles. The lowest BCUT2D eigenvalue weighted by Crippen LogP contribution is -2.47. The third-order valence-electron chi connectivity index (χ3n) is 7.08. The second-order valence-corrected chi connectivity index (χ2v) is 12.6. The van der Waals surface area contributed by atoms with E-state index in [1.54, 1.807) is 23.1 Å². The Balaban J connectivity index is 1.63. The summed E-state index contributed by atoms with van der Waals surface area (Å²) in [5.74, 6) is 0.339. The highest BCUT2D eigenvalue weighted by Crippen LogP contribution is 2.30. The maximum atomic E-state index is 13.4. The van der Waals surface area contributed by atoms with Crippen LogP contribution in [0, 0.1) is 5.92 Å². The minimum Gasteiger partial charge on any atom is -0.488 e. The average Bonchev–Trinajstić information content (AvgIpc) is 2.96. The Bertz CT molecular complexity index is 1400. The monoisotopic (exact) mass is 585 g/mol. The van der Waals surface area contributed by atoms with Gasteiger partial charge in [-0.1, -0.05) is 48.9 Å². The van der Waals surface area contributed by atoms with Crippen molar-refractivity contribution in [3.63, 3.8) is 0 Å². The number of benzene rings is 3. The summed E-state index contributed by atoms with van der Waals surface area (Å²) in [5, 5.41) is 10.3. The van der Waals surface area contributed by atoms with Crippen LogP contribution in [-0.4, -0.2) is 68.1 Å². The van der Waals surface area contributed by atoms with Gasteiger partial charge >= 0.3 is 0 Å². The first kappa shape index (κ1) is 29.9. The highest BCUT2D eigenvalue weighted by molar-refractivity contribution is 7.92. The largest absolute Gasteiger partial charge is 0.488 e. The van der Waals surface area contributed by atoms with Gasteiger partial charge in [0.15, 0.2) is 0 Å². The van der Waals surface area contributed by atoms with Crippen LogP contribution >= 0.6 is 11.6 Å². The molecule has 0 aromatic heterocycles. The molecule has 3 aromatic rings. The lowest BCUT2D eigenvalue weighted by molar-refractivity contribution is -0.134. The highest BCUT2D eigenvalue weighted by atomic mass is 35.5. The van der Waals surface area contributed by atoms with E-state index < -0.39 is 10.0 Å². The van der Waals surface area contributed by atoms with Gasteiger partial charge in [0.1, 0.15) is 11.9 Å². The summed E-state index contributed by atoms with van der Waals surface area (Å²) in [6, 6.07) is 20.7. The van der Waals surface area contributed by atoms with Gasteiger partial charge in [0.25, 0.3) is 10.0 Å². The summed E-state index contributed by atoms with van der Waals surface area (Å²) < 4.78 is 35.1. The van der Waals surface area contributed by atoms with Gasteiger partial charge in [-0.2, -0.15) is 0 Å². The average molecular weight is 586 g/mol. The van der Waals surface area contributed by atoms with Gasteiger partial charge in [-0.05, 0) is 62.0 Å². The molecule has 3 atom stereocenters. The molecule has 3 aromatic carbocycles. The van der Waals surface area contributed by atoms with E-state index in [0.29, 0.717) is 35.1 Å². The van der Waals surface area contributed by atoms with Crippen LogP contribution in [0.1, 0.15) is 25.0 Å². The lowest BCUT2D eigenvalue weighted by atomic mass is 10.0. The number of sulfonamides is 1. The summed E-state index contributed by atoms with van der Waals surface area (Å²) in [5.41, 5.74) is 2.07. The van der Waals surface area contributed by atoms with Gasteiger partial charge in [-0.25, -0.2) is 8.42 Å². The topological polar surface area (TPSA) is 99.2 Å². The van der Waals surface area contributed by atoms with E-state index in [-0.39, 0.29) is 41.9 Å². The standard InChI is InChI=1S/C30H36ClN3O5S/c1-21-17-34(22(2)20-35)30(36)16-24-15-26(32-40(37,38)27-12-9-25(31)10-13-27)11-14-28(24)39-29(21)19-33(3)18-23-7-5-4-6-8-23/h4-15,21-22,29,32,35H,16-20H2,1-3H3/t21-,22+,29-/m1/s1. The first-order chi connectivity index (χ1) is 19.1. The fourth-order valence-electron chi connectivity index (χ4n) is 4.81. The van der Waals surface area contributed by atoms with Crippen LogP contribution in [0.25, 0.3) is 0 Å². The second kappa shape index (κ2) is 13.0. The van der Waals surface area contributed by atoms with Gasteiger partial charge in [-0.15, -0.1) is 0 Å². The van der Waals surface area contributed by atoms with Gasteiger partial charge in [-0.3, -0.25) is 14.4 Å². The minimum absolute atomic E-state index is 0.00941. The van der Waals surface area contributed by atoms with E-state index >= 15 is 0 Å². The zero-order chi connectivity index (χ0) is 28.9. The number of fused-ring (bicyclic) bond motifs is 1. The zero-order valence-electron chi connectivity index (χ0n) is 23.0. The molecule has 2 N–H and O–H groups in total. The molecule has 214 valence electrons. The number of hydrogen-bond acceptors (Lipinski definition) is 6. The molecule has 1 amide bonds. The van der Waals surface area contributed by atoms with E-state index in [4.69, 9.17) is 16.3 Å². The van der Waals surface area contributed by atoms with Crippen LogP contribution in [0.2, 0.25) is 5.02 Å². The quantitative estimate of drug-likeness (QED) is 0.386. The van der Waals surface area contributed by atoms with Crippen molar-refractivity contribution in [2.75, 3.05) is 31.5 Å². The summed E-state index contributed by atoms with van der Waals surface area (Å²) in [4.78, 5) is 17.4. The third kappa shape index (κ3) is 7.54. The van der Waals surface area contributed by atoms with Crippen molar-refractivity contribution in [3.05, 3.63) is 88.9 Å². The van der Waals surface area contributed by atoms with Crippen LogP contribution in [0.5, 0.6) is 5.75 Å². The number of nitrogens with zero attached hydrogens (tertiary/aromatic N) is 2. The predicted molar refractivity (Wildman–Crippen MR) is 157 cm³/mol. The summed E-state index contributed by atoms with van der Waals surface area (Å²) in [6.07, 6.45) is -0.251. The Morgan fingerprint density at radius 2 is 1.82 bits per heavy atom. The number of halogens is 1. The molecule has 1 heterocycles. The molecule has 8 nitrogen and oxygen atoms in total. The van der Waals surface area contributed by atoms with Crippen LogP contribution < -0.4 is 9.46 Å². The zero-order valence-corrected chi connectivity index (χ0v) is 24.5. The van der Waals surface area contributed by atoms with Gasteiger partial charge in [0.2, 0.25) is 5.91 Å². The fourth-order valence-corrected chi connectivity index (χ4v) is 5.98. The molecule has 0 saturated heterocycles. The van der Waals surface area contributed by atoms with Crippen molar-refractivity contribution < 1.29 is 23.1 Å². The summed E-state index contributed by atoms with van der Waals surface area (Å²) in [7, 11) is -1.84. The number of nitrogens with one attached hydrogen (secondary N) is 1. The molecular weight excluding hydrogens is 550 g/mol. The SMILES string of the molecule is C[C@@H]1CN([C@@H](C)CO)C(=O)Cc2cc(NS(=O)(=O)c3ccc(Cl)cc3)ccc2O[C@@H]1CN(C)Cc1ccccc1. The van der Waals surface area contributed by atoms with Gasteiger partial charge < -0.3 is 14.7 Å². The molecule has 0 fully saturated rings. The number of anilines is 1. The normalized spacial score (nSPS) is 18.8. The summed E-state index contributed by atoms with van der Waals surface area (Å²) >= 11 is 5.91. The molecule has 0 bridgehead atoms. The van der Waals surface area contributed by atoms with Crippen LogP contribution in [-0.2, 0) is 27.8 Å². The third-order valence-corrected chi connectivity index (χ3v) is 8.73. The molecular formula is C30H36ClN3O5S. The number of rotatable bonds is 9. The Hall–Kier alpha value is -3.11. The molecule has 1 aliphatic rings.